The smallest absolute Gasteiger partial charge is 0.422 e. The Morgan fingerprint density at radius 1 is 1.07 bits per heavy atom. The zero-order valence-corrected chi connectivity index (χ0v) is 15.9. The summed E-state index contributed by atoms with van der Waals surface area (Å²) < 4.78 is 90.8. The molecule has 0 aliphatic carbocycles. The molecule has 0 bridgehead atoms. The van der Waals surface area contributed by atoms with E-state index in [-0.39, 0.29) is 20.8 Å². The lowest BCUT2D eigenvalue weighted by Crippen LogP contribution is -2.35. The van der Waals surface area contributed by atoms with Crippen LogP contribution in [0.25, 0.3) is 11.4 Å². The normalized spacial score (nSPS) is 12.8. The number of rotatable bonds is 6. The fourth-order valence-electron chi connectivity index (χ4n) is 2.25. The number of anilines is 1. The summed E-state index contributed by atoms with van der Waals surface area (Å²) in [5.74, 6) is -0.0833. The molecule has 0 aliphatic heterocycles. The average Bonchev–Trinajstić information content (AvgIpc) is 2.83. The van der Waals surface area contributed by atoms with Gasteiger partial charge in [0.25, 0.3) is 0 Å². The first-order valence-corrected chi connectivity index (χ1v) is 10.8. The molecule has 0 amide bonds. The quantitative estimate of drug-likeness (QED) is 0.678. The minimum Gasteiger partial charge on any atom is -0.454 e. The van der Waals surface area contributed by atoms with Gasteiger partial charge in [-0.3, -0.25) is 4.57 Å². The van der Waals surface area contributed by atoms with Gasteiger partial charge in [-0.15, -0.1) is 5.10 Å². The van der Waals surface area contributed by atoms with Gasteiger partial charge in [-0.05, 0) is 12.1 Å². The van der Waals surface area contributed by atoms with Gasteiger partial charge in [-0.1, -0.05) is 17.2 Å². The van der Waals surface area contributed by atoms with Crippen molar-refractivity contribution in [2.45, 2.75) is 6.18 Å². The van der Waals surface area contributed by atoms with Crippen LogP contribution in [0, 0.1) is 0 Å². The third-order valence-electron chi connectivity index (χ3n) is 3.14. The Bertz CT molecular complexity index is 1020. The minimum absolute atomic E-state index is 0.0187. The molecule has 14 heteroatoms. The van der Waals surface area contributed by atoms with E-state index in [1.165, 1.54) is 31.3 Å². The van der Waals surface area contributed by atoms with Gasteiger partial charge in [0.05, 0.1) is 18.2 Å². The van der Waals surface area contributed by atoms with Crippen LogP contribution < -0.4 is 8.45 Å². The Labute approximate surface area is 153 Å². The Balaban J connectivity index is 2.58. The van der Waals surface area contributed by atoms with Gasteiger partial charge < -0.3 is 4.74 Å². The van der Waals surface area contributed by atoms with Crippen LogP contribution in [0.1, 0.15) is 0 Å². The third kappa shape index (κ3) is 4.88. The first kappa shape index (κ1) is 21.0. The van der Waals surface area contributed by atoms with E-state index in [0.29, 0.717) is 12.5 Å². The van der Waals surface area contributed by atoms with Gasteiger partial charge >= 0.3 is 12.2 Å². The van der Waals surface area contributed by atoms with Crippen LogP contribution in [-0.4, -0.2) is 56.9 Å². The Hall–Kier alpha value is -2.35. The van der Waals surface area contributed by atoms with Crippen molar-refractivity contribution in [1.29, 1.82) is 0 Å². The number of benzene rings is 1. The molecule has 0 spiro atoms. The predicted octanol–water partition coefficient (Wildman–Crippen LogP) is 1.15. The molecule has 0 N–H and O–H groups in total. The molecule has 1 heterocycles. The maximum atomic E-state index is 12.3. The largest absolute Gasteiger partial charge is 0.454 e. The molecule has 0 radical (unpaired) electrons. The Morgan fingerprint density at radius 2 is 1.63 bits per heavy atom. The molecule has 0 fully saturated rings. The van der Waals surface area contributed by atoms with Gasteiger partial charge in [-0.25, -0.2) is 16.8 Å². The molecule has 9 nitrogen and oxygen atoms in total. The van der Waals surface area contributed by atoms with Gasteiger partial charge in [0.1, 0.15) is 0 Å². The second-order valence-electron chi connectivity index (χ2n) is 5.51. The molecular formula is C13H15F3N4O5S2. The Kier molecular flexibility index (Phi) is 5.43. The fraction of sp³-hybridized carbons (Fsp3) is 0.385. The van der Waals surface area contributed by atoms with Crippen molar-refractivity contribution in [3.63, 3.8) is 0 Å². The highest BCUT2D eigenvalue weighted by atomic mass is 32.3. The number of aromatic nitrogens is 3. The van der Waals surface area contributed by atoms with Crippen LogP contribution >= 0.6 is 0 Å². The van der Waals surface area contributed by atoms with Crippen molar-refractivity contribution in [1.82, 2.24) is 14.8 Å². The highest BCUT2D eigenvalue weighted by Crippen LogP contribution is 2.33. The fourth-order valence-corrected chi connectivity index (χ4v) is 5.25. The molecule has 2 rings (SSSR count). The summed E-state index contributed by atoms with van der Waals surface area (Å²) in [6.45, 7) is -1.60. The number of sulfonamides is 2. The van der Waals surface area contributed by atoms with E-state index in [1.54, 1.807) is 0 Å². The number of para-hydroxylation sites is 1. The molecule has 0 saturated carbocycles. The number of ether oxygens (including phenoxy) is 1. The van der Waals surface area contributed by atoms with Crippen LogP contribution in [0.3, 0.4) is 0 Å². The van der Waals surface area contributed by atoms with Crippen LogP contribution in [0.2, 0.25) is 0 Å². The first-order chi connectivity index (χ1) is 12.2. The lowest BCUT2D eigenvalue weighted by molar-refractivity contribution is -0.155. The maximum Gasteiger partial charge on any atom is 0.422 e. The molecule has 2 aromatic rings. The van der Waals surface area contributed by atoms with Gasteiger partial charge in [0.2, 0.25) is 20.0 Å². The number of alkyl halides is 3. The Morgan fingerprint density at radius 3 is 2.15 bits per heavy atom. The summed E-state index contributed by atoms with van der Waals surface area (Å²) >= 11 is 0. The topological polar surface area (TPSA) is 111 Å². The van der Waals surface area contributed by atoms with E-state index in [4.69, 9.17) is 0 Å². The van der Waals surface area contributed by atoms with Crippen molar-refractivity contribution in [2.75, 3.05) is 22.8 Å². The molecule has 1 aromatic heterocycles. The van der Waals surface area contributed by atoms with Crippen molar-refractivity contribution in [3.8, 4) is 17.4 Å². The molecule has 0 unspecified atom stereocenters. The number of hydrogen-bond acceptors (Lipinski definition) is 7. The van der Waals surface area contributed by atoms with Crippen molar-refractivity contribution >= 4 is 25.7 Å². The average molecular weight is 428 g/mol. The molecular weight excluding hydrogens is 413 g/mol. The van der Waals surface area contributed by atoms with Gasteiger partial charge in [0, 0.05) is 12.6 Å². The maximum absolute atomic E-state index is 12.3. The van der Waals surface area contributed by atoms with Crippen LogP contribution in [0.4, 0.5) is 18.9 Å². The molecule has 0 aliphatic rings. The molecule has 150 valence electrons. The third-order valence-corrected chi connectivity index (χ3v) is 6.37. The minimum atomic E-state index is -4.59. The lowest BCUT2D eigenvalue weighted by Gasteiger charge is -2.22. The van der Waals surface area contributed by atoms with Crippen LogP contribution in [0.15, 0.2) is 24.3 Å². The summed E-state index contributed by atoms with van der Waals surface area (Å²) in [6, 6.07) is 4.99. The summed E-state index contributed by atoms with van der Waals surface area (Å²) in [6.07, 6.45) is -3.17. The SMILES string of the molecule is Cn1c(OCC(F)(F)F)nnc1-c1ccccc1N(S(C)(=O)=O)S(C)(=O)=O. The zero-order valence-electron chi connectivity index (χ0n) is 14.3. The van der Waals surface area contributed by atoms with Crippen molar-refractivity contribution in [2.24, 2.45) is 7.05 Å². The summed E-state index contributed by atoms with van der Waals surface area (Å²) in [5.41, 5.74) is -0.231. The molecule has 0 saturated heterocycles. The van der Waals surface area contributed by atoms with Gasteiger partial charge in [-0.2, -0.15) is 16.9 Å². The number of halogens is 3. The van der Waals surface area contributed by atoms with E-state index < -0.39 is 38.8 Å². The van der Waals surface area contributed by atoms with Crippen molar-refractivity contribution in [3.05, 3.63) is 24.3 Å². The lowest BCUT2D eigenvalue weighted by atomic mass is 10.2. The summed E-state index contributed by atoms with van der Waals surface area (Å²) in [5, 5.41) is 7.19. The molecule has 0 atom stereocenters. The monoisotopic (exact) mass is 428 g/mol. The highest BCUT2D eigenvalue weighted by molar-refractivity contribution is 8.09. The van der Waals surface area contributed by atoms with E-state index in [0.717, 1.165) is 4.57 Å². The van der Waals surface area contributed by atoms with Crippen LogP contribution in [0.5, 0.6) is 6.01 Å². The second kappa shape index (κ2) is 6.99. The first-order valence-electron chi connectivity index (χ1n) is 7.10. The number of nitrogens with zero attached hydrogens (tertiary/aromatic N) is 4. The summed E-state index contributed by atoms with van der Waals surface area (Å²) in [7, 11) is -7.17. The highest BCUT2D eigenvalue weighted by Gasteiger charge is 2.32. The number of hydrogen-bond donors (Lipinski definition) is 0. The van der Waals surface area contributed by atoms with E-state index in [9.17, 15) is 30.0 Å². The molecule has 27 heavy (non-hydrogen) atoms. The van der Waals surface area contributed by atoms with E-state index in [2.05, 4.69) is 14.9 Å². The second-order valence-corrected chi connectivity index (χ2v) is 9.40. The van der Waals surface area contributed by atoms with Crippen molar-refractivity contribution < 1.29 is 34.7 Å². The summed E-state index contributed by atoms with van der Waals surface area (Å²) in [4.78, 5) is 0. The van der Waals surface area contributed by atoms with E-state index in [1.807, 2.05) is 0 Å². The zero-order chi connectivity index (χ0) is 20.6. The molecule has 1 aromatic carbocycles. The van der Waals surface area contributed by atoms with E-state index >= 15 is 0 Å². The predicted molar refractivity (Wildman–Crippen MR) is 90.2 cm³/mol. The van der Waals surface area contributed by atoms with Crippen LogP contribution in [-0.2, 0) is 27.1 Å². The standard InChI is InChI=1S/C13H15F3N4O5S2/c1-19-11(17-18-12(19)25-8-13(14,15)16)9-6-4-5-7-10(9)20(26(2,21)22)27(3,23)24/h4-7H,8H2,1-3H3. The van der Waals surface area contributed by atoms with Gasteiger partial charge in [0.15, 0.2) is 12.4 Å².